The number of anilines is 1. The summed E-state index contributed by atoms with van der Waals surface area (Å²) in [6.07, 6.45) is 1.21. The monoisotopic (exact) mass is 444 g/mol. The molecule has 8 nitrogen and oxygen atoms in total. The number of fused-ring (bicyclic) bond motifs is 1. The van der Waals surface area contributed by atoms with Crippen molar-refractivity contribution in [3.63, 3.8) is 0 Å². The van der Waals surface area contributed by atoms with Crippen LogP contribution in [0.5, 0.6) is 5.75 Å². The van der Waals surface area contributed by atoms with E-state index in [0.29, 0.717) is 33.7 Å². The summed E-state index contributed by atoms with van der Waals surface area (Å²) in [5.74, 6) is -1.01. The van der Waals surface area contributed by atoms with E-state index < -0.39 is 11.3 Å². The summed E-state index contributed by atoms with van der Waals surface area (Å²) < 4.78 is 4.58. The molecule has 0 spiro atoms. The Morgan fingerprint density at radius 1 is 0.970 bits per heavy atom. The molecule has 0 aliphatic rings. The molecule has 0 bridgehead atoms. The standard InChI is InChI=1S/C25H24N4O4/c1-15(26-22-16(2)28(4)29(25(22)33)17-10-6-5-7-11-17)14-20(30)21-23(31)18-12-8-9-13-19(18)27(3)24(21)32/h5-14,26,31H,1-4H3/b15-14+. The first kappa shape index (κ1) is 21.9. The number of carbonyl (C=O) groups excluding carboxylic acids is 1. The molecular weight excluding hydrogens is 420 g/mol. The molecule has 0 amide bonds. The van der Waals surface area contributed by atoms with Crippen molar-refractivity contribution >= 4 is 22.4 Å². The number of pyridine rings is 1. The molecule has 0 unspecified atom stereocenters. The van der Waals surface area contributed by atoms with Gasteiger partial charge in [0.2, 0.25) is 0 Å². The lowest BCUT2D eigenvalue weighted by Crippen LogP contribution is -2.24. The van der Waals surface area contributed by atoms with Crippen LogP contribution < -0.4 is 16.4 Å². The van der Waals surface area contributed by atoms with Crippen LogP contribution in [0.15, 0.2) is 76.0 Å². The molecule has 2 heterocycles. The SMILES string of the molecule is C/C(=C\C(=O)c1c(O)c2ccccc2n(C)c1=O)Nc1c(C)n(C)n(-c2ccccc2)c1=O. The van der Waals surface area contributed by atoms with Gasteiger partial charge in [-0.15, -0.1) is 0 Å². The quantitative estimate of drug-likeness (QED) is 0.364. The van der Waals surface area contributed by atoms with E-state index in [-0.39, 0.29) is 16.9 Å². The number of carbonyl (C=O) groups is 1. The number of benzene rings is 2. The van der Waals surface area contributed by atoms with E-state index in [4.69, 9.17) is 0 Å². The first-order chi connectivity index (χ1) is 15.7. The molecule has 0 radical (unpaired) electrons. The van der Waals surface area contributed by atoms with E-state index in [1.165, 1.54) is 15.3 Å². The van der Waals surface area contributed by atoms with E-state index >= 15 is 0 Å². The summed E-state index contributed by atoms with van der Waals surface area (Å²) in [6, 6.07) is 16.0. The van der Waals surface area contributed by atoms with Gasteiger partial charge in [-0.3, -0.25) is 19.1 Å². The number of nitrogens with one attached hydrogen (secondary N) is 1. The normalized spacial score (nSPS) is 11.7. The molecule has 4 rings (SSSR count). The maximum atomic E-state index is 13.1. The molecule has 0 fully saturated rings. The van der Waals surface area contributed by atoms with Crippen LogP contribution in [0.4, 0.5) is 5.69 Å². The van der Waals surface area contributed by atoms with Gasteiger partial charge in [0.25, 0.3) is 11.1 Å². The second-order valence-corrected chi connectivity index (χ2v) is 7.86. The third-order valence-corrected chi connectivity index (χ3v) is 5.75. The van der Waals surface area contributed by atoms with Gasteiger partial charge in [0.15, 0.2) is 5.78 Å². The van der Waals surface area contributed by atoms with Crippen molar-refractivity contribution in [2.45, 2.75) is 13.8 Å². The van der Waals surface area contributed by atoms with Crippen LogP contribution >= 0.6 is 0 Å². The number of aromatic hydroxyl groups is 1. The fourth-order valence-electron chi connectivity index (χ4n) is 3.92. The Morgan fingerprint density at radius 3 is 2.30 bits per heavy atom. The van der Waals surface area contributed by atoms with Crippen LogP contribution in [-0.4, -0.2) is 24.8 Å². The maximum absolute atomic E-state index is 13.1. The molecule has 4 aromatic rings. The minimum absolute atomic E-state index is 0.272. The number of allylic oxidation sites excluding steroid dienone is 2. The molecule has 0 aliphatic heterocycles. The number of nitrogens with zero attached hydrogens (tertiary/aromatic N) is 3. The smallest absolute Gasteiger partial charge is 0.295 e. The number of hydrogen-bond donors (Lipinski definition) is 2. The lowest BCUT2D eigenvalue weighted by molar-refractivity contribution is 0.104. The molecule has 2 aromatic carbocycles. The molecular formula is C25H24N4O4. The van der Waals surface area contributed by atoms with Crippen LogP contribution in [0.2, 0.25) is 0 Å². The Bertz CT molecular complexity index is 1540. The Hall–Kier alpha value is -4.33. The topological polar surface area (TPSA) is 98.3 Å². The molecule has 33 heavy (non-hydrogen) atoms. The molecule has 0 saturated carbocycles. The van der Waals surface area contributed by atoms with Crippen LogP contribution in [0.3, 0.4) is 0 Å². The maximum Gasteiger partial charge on any atom is 0.295 e. The fraction of sp³-hybridized carbons (Fsp3) is 0.160. The van der Waals surface area contributed by atoms with E-state index in [1.54, 1.807) is 56.9 Å². The summed E-state index contributed by atoms with van der Waals surface area (Å²) >= 11 is 0. The molecule has 2 aromatic heterocycles. The van der Waals surface area contributed by atoms with Gasteiger partial charge >= 0.3 is 0 Å². The first-order valence-electron chi connectivity index (χ1n) is 10.4. The Balaban J connectivity index is 1.73. The largest absolute Gasteiger partial charge is 0.506 e. The highest BCUT2D eigenvalue weighted by Crippen LogP contribution is 2.26. The Kier molecular flexibility index (Phi) is 5.51. The average Bonchev–Trinajstić information content (AvgIpc) is 3.01. The zero-order valence-corrected chi connectivity index (χ0v) is 18.8. The molecule has 8 heteroatoms. The molecule has 0 saturated heterocycles. The van der Waals surface area contributed by atoms with Crippen molar-refractivity contribution in [2.75, 3.05) is 5.32 Å². The molecule has 0 aliphatic carbocycles. The number of aromatic nitrogens is 3. The average molecular weight is 444 g/mol. The van der Waals surface area contributed by atoms with Crippen molar-refractivity contribution < 1.29 is 9.90 Å². The summed E-state index contributed by atoms with van der Waals surface area (Å²) in [5.41, 5.74) is 1.41. The highest BCUT2D eigenvalue weighted by molar-refractivity contribution is 6.09. The predicted molar refractivity (Wildman–Crippen MR) is 128 cm³/mol. The number of ketones is 1. The van der Waals surface area contributed by atoms with Gasteiger partial charge in [-0.1, -0.05) is 30.3 Å². The van der Waals surface area contributed by atoms with Crippen LogP contribution in [0.1, 0.15) is 23.0 Å². The second-order valence-electron chi connectivity index (χ2n) is 7.86. The minimum atomic E-state index is -0.652. The third kappa shape index (κ3) is 3.65. The zero-order valence-electron chi connectivity index (χ0n) is 18.8. The summed E-state index contributed by atoms with van der Waals surface area (Å²) in [6.45, 7) is 3.42. The number of aryl methyl sites for hydroxylation is 1. The van der Waals surface area contributed by atoms with E-state index in [0.717, 1.165) is 0 Å². The fourth-order valence-corrected chi connectivity index (χ4v) is 3.92. The highest BCUT2D eigenvalue weighted by atomic mass is 16.3. The van der Waals surface area contributed by atoms with Crippen LogP contribution in [0.25, 0.3) is 16.6 Å². The van der Waals surface area contributed by atoms with Gasteiger partial charge in [0, 0.05) is 31.3 Å². The molecule has 168 valence electrons. The lowest BCUT2D eigenvalue weighted by Gasteiger charge is -2.10. The van der Waals surface area contributed by atoms with Gasteiger partial charge in [0.1, 0.15) is 17.0 Å². The van der Waals surface area contributed by atoms with Crippen molar-refractivity contribution in [1.82, 2.24) is 13.9 Å². The number of rotatable bonds is 5. The number of para-hydroxylation sites is 2. The van der Waals surface area contributed by atoms with Crippen molar-refractivity contribution in [3.8, 4) is 11.4 Å². The van der Waals surface area contributed by atoms with Crippen molar-refractivity contribution in [3.05, 3.63) is 98.3 Å². The molecule has 2 N–H and O–H groups in total. The van der Waals surface area contributed by atoms with Crippen LogP contribution in [-0.2, 0) is 14.1 Å². The van der Waals surface area contributed by atoms with Gasteiger partial charge in [0.05, 0.1) is 16.9 Å². The third-order valence-electron chi connectivity index (χ3n) is 5.75. The highest BCUT2D eigenvalue weighted by Gasteiger charge is 2.21. The summed E-state index contributed by atoms with van der Waals surface area (Å²) in [7, 11) is 3.32. The van der Waals surface area contributed by atoms with E-state index in [9.17, 15) is 19.5 Å². The minimum Gasteiger partial charge on any atom is -0.506 e. The van der Waals surface area contributed by atoms with Gasteiger partial charge in [-0.05, 0) is 38.1 Å². The first-order valence-corrected chi connectivity index (χ1v) is 10.4. The Morgan fingerprint density at radius 2 is 1.61 bits per heavy atom. The van der Waals surface area contributed by atoms with Gasteiger partial charge in [-0.2, -0.15) is 0 Å². The van der Waals surface area contributed by atoms with E-state index in [2.05, 4.69) is 5.32 Å². The van der Waals surface area contributed by atoms with Gasteiger partial charge < -0.3 is 15.0 Å². The predicted octanol–water partition coefficient (Wildman–Crippen LogP) is 3.24. The Labute approximate surface area is 189 Å². The number of hydrogen-bond acceptors (Lipinski definition) is 5. The van der Waals surface area contributed by atoms with Gasteiger partial charge in [-0.25, -0.2) is 4.68 Å². The van der Waals surface area contributed by atoms with Crippen molar-refractivity contribution in [2.24, 2.45) is 14.1 Å². The summed E-state index contributed by atoms with van der Waals surface area (Å²) in [4.78, 5) is 38.8. The molecule has 0 atom stereocenters. The van der Waals surface area contributed by atoms with Crippen LogP contribution in [0, 0.1) is 6.92 Å². The summed E-state index contributed by atoms with van der Waals surface area (Å²) in [5, 5.41) is 14.0. The second kappa shape index (κ2) is 8.31. The van der Waals surface area contributed by atoms with Crippen molar-refractivity contribution in [1.29, 1.82) is 0 Å². The zero-order chi connectivity index (χ0) is 23.9. The lowest BCUT2D eigenvalue weighted by atomic mass is 10.1. The van der Waals surface area contributed by atoms with E-state index in [1.807, 2.05) is 30.3 Å².